The van der Waals surface area contributed by atoms with E-state index in [2.05, 4.69) is 15.5 Å². The van der Waals surface area contributed by atoms with Crippen molar-refractivity contribution in [3.8, 4) is 10.6 Å². The number of nitrogens with zero attached hydrogens (tertiary/aromatic N) is 1. The highest BCUT2D eigenvalue weighted by Crippen LogP contribution is 2.23. The number of rotatable bonds is 4. The number of aromatic nitrogens is 2. The summed E-state index contributed by atoms with van der Waals surface area (Å²) in [5, 5.41) is 19.9. The van der Waals surface area contributed by atoms with Gasteiger partial charge >= 0.3 is 5.97 Å². The first kappa shape index (κ1) is 13.3. The molecule has 100 valence electrons. The predicted octanol–water partition coefficient (Wildman–Crippen LogP) is 1.73. The number of hydrogen-bond donors (Lipinski definition) is 3. The molecule has 2 aromatic heterocycles. The quantitative estimate of drug-likeness (QED) is 0.794. The number of carboxylic acid groups (broad SMARTS) is 1. The number of carboxylic acids is 1. The van der Waals surface area contributed by atoms with Gasteiger partial charge in [-0.25, -0.2) is 4.79 Å². The number of amides is 1. The molecule has 0 atom stereocenters. The second kappa shape index (κ2) is 4.85. The molecule has 0 saturated carbocycles. The second-order valence-corrected chi connectivity index (χ2v) is 5.48. The molecule has 0 saturated heterocycles. The van der Waals surface area contributed by atoms with Crippen LogP contribution in [0.1, 0.15) is 24.3 Å². The molecule has 0 aliphatic rings. The summed E-state index contributed by atoms with van der Waals surface area (Å²) in [6.45, 7) is 2.83. The van der Waals surface area contributed by atoms with E-state index in [1.807, 2.05) is 17.5 Å². The molecule has 0 radical (unpaired) electrons. The molecule has 0 bridgehead atoms. The predicted molar refractivity (Wildman–Crippen MR) is 71.1 cm³/mol. The van der Waals surface area contributed by atoms with Gasteiger partial charge in [0.1, 0.15) is 5.54 Å². The van der Waals surface area contributed by atoms with E-state index < -0.39 is 17.4 Å². The molecule has 0 unspecified atom stereocenters. The van der Waals surface area contributed by atoms with Crippen LogP contribution < -0.4 is 5.32 Å². The molecule has 19 heavy (non-hydrogen) atoms. The van der Waals surface area contributed by atoms with Gasteiger partial charge in [-0.3, -0.25) is 9.89 Å². The summed E-state index contributed by atoms with van der Waals surface area (Å²) in [6, 6.07) is 5.40. The van der Waals surface area contributed by atoms with Gasteiger partial charge < -0.3 is 10.4 Å². The molecule has 0 aromatic carbocycles. The SMILES string of the molecule is CC(C)(NC(=O)c1cc(-c2cccs2)[nH]n1)C(=O)O. The molecule has 6 nitrogen and oxygen atoms in total. The zero-order chi connectivity index (χ0) is 14.0. The van der Waals surface area contributed by atoms with Crippen LogP contribution in [0.3, 0.4) is 0 Å². The molecule has 0 aliphatic carbocycles. The van der Waals surface area contributed by atoms with Crippen molar-refractivity contribution in [2.75, 3.05) is 0 Å². The lowest BCUT2D eigenvalue weighted by molar-refractivity contribution is -0.143. The van der Waals surface area contributed by atoms with E-state index in [0.717, 1.165) is 10.6 Å². The van der Waals surface area contributed by atoms with Crippen LogP contribution in [0.15, 0.2) is 23.6 Å². The molecule has 2 rings (SSSR count). The molecule has 2 heterocycles. The minimum absolute atomic E-state index is 0.165. The number of carbonyl (C=O) groups is 2. The van der Waals surface area contributed by atoms with Crippen LogP contribution in [-0.4, -0.2) is 32.7 Å². The maximum atomic E-state index is 11.9. The molecule has 0 spiro atoms. The molecular formula is C12H13N3O3S. The summed E-state index contributed by atoms with van der Waals surface area (Å²) >= 11 is 1.52. The lowest BCUT2D eigenvalue weighted by Crippen LogP contribution is -2.49. The smallest absolute Gasteiger partial charge is 0.328 e. The van der Waals surface area contributed by atoms with Gasteiger partial charge in [0.15, 0.2) is 5.69 Å². The normalized spacial score (nSPS) is 11.3. The zero-order valence-corrected chi connectivity index (χ0v) is 11.2. The average Bonchev–Trinajstić information content (AvgIpc) is 2.99. The van der Waals surface area contributed by atoms with Gasteiger partial charge in [-0.1, -0.05) is 6.07 Å². The van der Waals surface area contributed by atoms with Gasteiger partial charge in [-0.2, -0.15) is 5.10 Å². The minimum atomic E-state index is -1.33. The van der Waals surface area contributed by atoms with Crippen LogP contribution >= 0.6 is 11.3 Å². The van der Waals surface area contributed by atoms with E-state index in [9.17, 15) is 9.59 Å². The molecular weight excluding hydrogens is 266 g/mol. The maximum Gasteiger partial charge on any atom is 0.328 e. The lowest BCUT2D eigenvalue weighted by Gasteiger charge is -2.19. The standard InChI is InChI=1S/C12H13N3O3S/c1-12(2,11(17)18)13-10(16)8-6-7(14-15-8)9-4-3-5-19-9/h3-6H,1-2H3,(H,13,16)(H,14,15)(H,17,18). The van der Waals surface area contributed by atoms with E-state index in [0.29, 0.717) is 0 Å². The Bertz CT molecular complexity index is 602. The van der Waals surface area contributed by atoms with Gasteiger partial charge in [0.05, 0.1) is 10.6 Å². The van der Waals surface area contributed by atoms with E-state index in [-0.39, 0.29) is 5.69 Å². The van der Waals surface area contributed by atoms with Crippen LogP contribution in [0.2, 0.25) is 0 Å². The minimum Gasteiger partial charge on any atom is -0.480 e. The summed E-state index contributed by atoms with van der Waals surface area (Å²) in [5.74, 6) is -1.62. The van der Waals surface area contributed by atoms with Gasteiger partial charge in [0.2, 0.25) is 0 Å². The second-order valence-electron chi connectivity index (χ2n) is 4.53. The summed E-state index contributed by atoms with van der Waals surface area (Å²) in [7, 11) is 0. The Kier molecular flexibility index (Phi) is 3.39. The number of nitrogens with one attached hydrogen (secondary N) is 2. The third-order valence-corrected chi connectivity index (χ3v) is 3.46. The number of thiophene rings is 1. The summed E-state index contributed by atoms with van der Waals surface area (Å²) in [4.78, 5) is 23.8. The summed E-state index contributed by atoms with van der Waals surface area (Å²) in [6.07, 6.45) is 0. The van der Waals surface area contributed by atoms with Crippen LogP contribution in [0.5, 0.6) is 0 Å². The lowest BCUT2D eigenvalue weighted by atomic mass is 10.1. The van der Waals surface area contributed by atoms with Gasteiger partial charge in [0, 0.05) is 0 Å². The van der Waals surface area contributed by atoms with Crippen molar-refractivity contribution in [3.05, 3.63) is 29.3 Å². The van der Waals surface area contributed by atoms with Gasteiger partial charge in [-0.15, -0.1) is 11.3 Å². The van der Waals surface area contributed by atoms with Crippen LogP contribution in [0.25, 0.3) is 10.6 Å². The Morgan fingerprint density at radius 2 is 2.21 bits per heavy atom. The van der Waals surface area contributed by atoms with E-state index in [1.165, 1.54) is 25.2 Å². The third-order valence-electron chi connectivity index (χ3n) is 2.56. The largest absolute Gasteiger partial charge is 0.480 e. The van der Waals surface area contributed by atoms with Gasteiger partial charge in [0.25, 0.3) is 5.91 Å². The zero-order valence-electron chi connectivity index (χ0n) is 10.4. The van der Waals surface area contributed by atoms with Crippen molar-refractivity contribution in [2.24, 2.45) is 0 Å². The third kappa shape index (κ3) is 2.82. The highest BCUT2D eigenvalue weighted by Gasteiger charge is 2.30. The van der Waals surface area contributed by atoms with Crippen molar-refractivity contribution in [1.29, 1.82) is 0 Å². The fraction of sp³-hybridized carbons (Fsp3) is 0.250. The number of hydrogen-bond acceptors (Lipinski definition) is 4. The summed E-state index contributed by atoms with van der Waals surface area (Å²) in [5.41, 5.74) is -0.440. The first-order valence-electron chi connectivity index (χ1n) is 5.55. The highest BCUT2D eigenvalue weighted by atomic mass is 32.1. The Balaban J connectivity index is 2.15. The highest BCUT2D eigenvalue weighted by molar-refractivity contribution is 7.13. The fourth-order valence-electron chi connectivity index (χ4n) is 1.40. The monoisotopic (exact) mass is 279 g/mol. The van der Waals surface area contributed by atoms with Crippen molar-refractivity contribution in [2.45, 2.75) is 19.4 Å². The van der Waals surface area contributed by atoms with Crippen LogP contribution in [0, 0.1) is 0 Å². The van der Waals surface area contributed by atoms with E-state index >= 15 is 0 Å². The molecule has 1 amide bonds. The van der Waals surface area contributed by atoms with Gasteiger partial charge in [-0.05, 0) is 31.4 Å². The first-order chi connectivity index (χ1) is 8.90. The number of aliphatic carboxylic acids is 1. The van der Waals surface area contributed by atoms with Crippen LogP contribution in [0.4, 0.5) is 0 Å². The van der Waals surface area contributed by atoms with Crippen molar-refractivity contribution >= 4 is 23.2 Å². The summed E-state index contributed by atoms with van der Waals surface area (Å²) < 4.78 is 0. The topological polar surface area (TPSA) is 95.1 Å². The van der Waals surface area contributed by atoms with E-state index in [1.54, 1.807) is 6.07 Å². The molecule has 3 N–H and O–H groups in total. The fourth-order valence-corrected chi connectivity index (χ4v) is 2.09. The van der Waals surface area contributed by atoms with Crippen molar-refractivity contribution < 1.29 is 14.7 Å². The molecule has 0 aliphatic heterocycles. The number of H-pyrrole nitrogens is 1. The van der Waals surface area contributed by atoms with E-state index in [4.69, 9.17) is 5.11 Å². The van der Waals surface area contributed by atoms with Crippen molar-refractivity contribution in [1.82, 2.24) is 15.5 Å². The molecule has 2 aromatic rings. The van der Waals surface area contributed by atoms with Crippen LogP contribution in [-0.2, 0) is 4.79 Å². The first-order valence-corrected chi connectivity index (χ1v) is 6.43. The number of carbonyl (C=O) groups excluding carboxylic acids is 1. The average molecular weight is 279 g/mol. The maximum absolute atomic E-state index is 11.9. The molecule has 0 fully saturated rings. The Morgan fingerprint density at radius 1 is 1.47 bits per heavy atom. The Morgan fingerprint density at radius 3 is 2.79 bits per heavy atom. The molecule has 7 heteroatoms. The Hall–Kier alpha value is -2.15. The Labute approximate surface area is 113 Å². The number of aromatic amines is 1. The van der Waals surface area contributed by atoms with Crippen molar-refractivity contribution in [3.63, 3.8) is 0 Å².